The van der Waals surface area contributed by atoms with E-state index in [-0.39, 0.29) is 29.7 Å². The van der Waals surface area contributed by atoms with Crippen LogP contribution in [0.1, 0.15) is 123 Å². The molecule has 5 aliphatic rings. The first-order valence-corrected chi connectivity index (χ1v) is 22.2. The molecule has 1 aromatic heterocycles. The number of carbonyl (C=O) groups excluding carboxylic acids is 2. The Morgan fingerprint density at radius 1 is 1.13 bits per heavy atom. The molecule has 4 saturated carbocycles. The summed E-state index contributed by atoms with van der Waals surface area (Å²) in [6.45, 7) is 9.98. The summed E-state index contributed by atoms with van der Waals surface area (Å²) in [5.74, 6) is 1.65. The number of fused-ring (bicyclic) bond motifs is 1. The van der Waals surface area contributed by atoms with Crippen molar-refractivity contribution in [2.75, 3.05) is 18.9 Å². The summed E-state index contributed by atoms with van der Waals surface area (Å²) >= 11 is 0. The Bertz CT molecular complexity index is 1840. The number of hydrogen-bond donors (Lipinski definition) is 5. The highest BCUT2D eigenvalue weighted by Gasteiger charge is 2.56. The third kappa shape index (κ3) is 11.0. The standard InChI is InChI=1S/C46H67FN4O9/c1-28(13-20-36(52)31-15-16-31)34-18-19-35-30(11-10-22-45(34,35)3)14-17-32-25-33(26-37(53)29(32)2)59-40(54)12-8-6-5-7-9-23-49-44(57)58-27-38-41(55)46(4,47)42(60-38)51-24-21-39(48)50-43(51)56/h13-14,17,20-21,24,28,31,33-38,41-42,52-53,55H,2,5-12,15-16,18-19,22-23,25-27H2,1,3-4H3,(H,49,57)(H2,48,50,56)/b20-13+,30-14+,32-17-/t28-,33+,34?,35?,36?,37-,38?,41?,42?,45+,46?/m0/s1. The van der Waals surface area contributed by atoms with Gasteiger partial charge >= 0.3 is 17.8 Å². The van der Waals surface area contributed by atoms with Crippen LogP contribution in [0.2, 0.25) is 0 Å². The number of nitrogens with one attached hydrogen (secondary N) is 1. The predicted molar refractivity (Wildman–Crippen MR) is 225 cm³/mol. The fourth-order valence-electron chi connectivity index (χ4n) is 10.2. The third-order valence-corrected chi connectivity index (χ3v) is 14.0. The number of carbonyl (C=O) groups is 2. The first-order valence-electron chi connectivity index (χ1n) is 22.2. The minimum absolute atomic E-state index is 0.0343. The molecule has 1 saturated heterocycles. The Labute approximate surface area is 353 Å². The number of allylic oxidation sites excluding steroid dienone is 4. The number of alkyl halides is 1. The summed E-state index contributed by atoms with van der Waals surface area (Å²) in [5.41, 5.74) is 5.65. The highest BCUT2D eigenvalue weighted by Crippen LogP contribution is 2.59. The number of alkyl carbamates (subject to hydrolysis) is 1. The monoisotopic (exact) mass is 838 g/mol. The van der Waals surface area contributed by atoms with Crippen LogP contribution < -0.4 is 16.7 Å². The highest BCUT2D eigenvalue weighted by atomic mass is 19.1. The number of halogens is 1. The van der Waals surface area contributed by atoms with Gasteiger partial charge in [-0.05, 0) is 111 Å². The van der Waals surface area contributed by atoms with Crippen molar-refractivity contribution in [2.45, 2.75) is 160 Å². The number of aliphatic hydroxyl groups is 3. The van der Waals surface area contributed by atoms with E-state index in [1.807, 2.05) is 6.08 Å². The van der Waals surface area contributed by atoms with E-state index in [0.717, 1.165) is 62.0 Å². The molecule has 2 heterocycles. The van der Waals surface area contributed by atoms with Gasteiger partial charge in [-0.15, -0.1) is 0 Å². The maximum absolute atomic E-state index is 15.4. The smallest absolute Gasteiger partial charge is 0.407 e. The summed E-state index contributed by atoms with van der Waals surface area (Å²) in [5, 5.41) is 34.4. The van der Waals surface area contributed by atoms with E-state index >= 15 is 4.39 Å². The summed E-state index contributed by atoms with van der Waals surface area (Å²) in [6, 6.07) is 1.31. The number of nitrogens with zero attached hydrogens (tertiary/aromatic N) is 2. The number of ether oxygens (including phenoxy) is 3. The van der Waals surface area contributed by atoms with Crippen LogP contribution in [0, 0.1) is 29.1 Å². The second-order valence-electron chi connectivity index (χ2n) is 18.4. The van der Waals surface area contributed by atoms with E-state index in [1.54, 1.807) is 0 Å². The number of hydrogen-bond acceptors (Lipinski definition) is 11. The van der Waals surface area contributed by atoms with Crippen LogP contribution in [-0.2, 0) is 19.0 Å². The van der Waals surface area contributed by atoms with E-state index in [4.69, 9.17) is 19.9 Å². The lowest BCUT2D eigenvalue weighted by Crippen LogP contribution is -2.43. The van der Waals surface area contributed by atoms with E-state index in [2.05, 4.69) is 49.0 Å². The number of anilines is 1. The van der Waals surface area contributed by atoms with Gasteiger partial charge in [-0.1, -0.05) is 69.6 Å². The summed E-state index contributed by atoms with van der Waals surface area (Å²) in [6.07, 6.45) is 16.4. The number of rotatable bonds is 17. The molecule has 7 unspecified atom stereocenters. The molecule has 6 N–H and O–H groups in total. The Hall–Kier alpha value is -3.85. The van der Waals surface area contributed by atoms with Gasteiger partial charge in [0.15, 0.2) is 11.9 Å². The Morgan fingerprint density at radius 2 is 1.88 bits per heavy atom. The van der Waals surface area contributed by atoms with Crippen molar-refractivity contribution < 1.29 is 43.5 Å². The zero-order chi connectivity index (χ0) is 43.2. The van der Waals surface area contributed by atoms with Crippen molar-refractivity contribution >= 4 is 17.9 Å². The van der Waals surface area contributed by atoms with E-state index in [0.29, 0.717) is 61.5 Å². The SMILES string of the molecule is C=C1/C(=C\C=C2/CCC[C@@]3(C)C2CCC3[C@@H](C)/C=C/C(O)C2CC2)C[C@@H](OC(=O)CCCCCCCNC(=O)OCC2OC(n3ccc(N)nc3=O)C(C)(F)C2O)C[C@@H]1O. The maximum atomic E-state index is 15.4. The number of nitrogens with two attached hydrogens (primary N) is 1. The average Bonchev–Trinajstić information content (AvgIpc) is 3.95. The van der Waals surface area contributed by atoms with Gasteiger partial charge in [0, 0.05) is 32.0 Å². The molecule has 1 amide bonds. The van der Waals surface area contributed by atoms with Crippen LogP contribution in [0.5, 0.6) is 0 Å². The molecule has 1 aromatic rings. The van der Waals surface area contributed by atoms with Crippen molar-refractivity contribution in [1.82, 2.24) is 14.9 Å². The molecule has 0 spiro atoms. The van der Waals surface area contributed by atoms with Gasteiger partial charge in [0.25, 0.3) is 0 Å². The average molecular weight is 839 g/mol. The summed E-state index contributed by atoms with van der Waals surface area (Å²) in [4.78, 5) is 40.8. The first-order chi connectivity index (χ1) is 28.6. The lowest BCUT2D eigenvalue weighted by Gasteiger charge is -2.44. The fourth-order valence-corrected chi connectivity index (χ4v) is 10.2. The second-order valence-corrected chi connectivity index (χ2v) is 18.4. The largest absolute Gasteiger partial charge is 0.462 e. The van der Waals surface area contributed by atoms with E-state index in [9.17, 15) is 29.7 Å². The number of amides is 1. The second kappa shape index (κ2) is 19.9. The van der Waals surface area contributed by atoms with Gasteiger partial charge in [-0.3, -0.25) is 9.36 Å². The molecule has 332 valence electrons. The number of unbranched alkanes of at least 4 members (excludes halogenated alkanes) is 4. The van der Waals surface area contributed by atoms with Crippen molar-refractivity contribution in [3.8, 4) is 0 Å². The van der Waals surface area contributed by atoms with Crippen LogP contribution in [0.25, 0.3) is 0 Å². The summed E-state index contributed by atoms with van der Waals surface area (Å²) in [7, 11) is 0. The molecular weight excluding hydrogens is 772 g/mol. The molecule has 1 aliphatic heterocycles. The van der Waals surface area contributed by atoms with Crippen LogP contribution in [0.4, 0.5) is 15.0 Å². The lowest BCUT2D eigenvalue weighted by atomic mass is 9.61. The maximum Gasteiger partial charge on any atom is 0.407 e. The minimum Gasteiger partial charge on any atom is -0.462 e. The molecule has 11 atom stereocenters. The number of nitrogen functional groups attached to an aromatic ring is 1. The zero-order valence-corrected chi connectivity index (χ0v) is 35.6. The van der Waals surface area contributed by atoms with Crippen molar-refractivity contribution in [1.29, 1.82) is 0 Å². The van der Waals surface area contributed by atoms with Crippen LogP contribution in [0.3, 0.4) is 0 Å². The van der Waals surface area contributed by atoms with Gasteiger partial charge in [0.05, 0.1) is 12.2 Å². The van der Waals surface area contributed by atoms with Gasteiger partial charge in [-0.2, -0.15) is 4.98 Å². The van der Waals surface area contributed by atoms with Gasteiger partial charge < -0.3 is 40.6 Å². The number of esters is 1. The third-order valence-electron chi connectivity index (χ3n) is 14.0. The fraction of sp³-hybridized carbons (Fsp3) is 0.696. The van der Waals surface area contributed by atoms with E-state index in [1.165, 1.54) is 37.1 Å². The molecule has 0 aromatic carbocycles. The van der Waals surface area contributed by atoms with Crippen molar-refractivity contribution in [3.63, 3.8) is 0 Å². The Morgan fingerprint density at radius 3 is 2.63 bits per heavy atom. The van der Waals surface area contributed by atoms with Crippen molar-refractivity contribution in [3.05, 3.63) is 70.3 Å². The van der Waals surface area contributed by atoms with Crippen LogP contribution in [-0.4, -0.2) is 86.3 Å². The molecule has 0 bridgehead atoms. The van der Waals surface area contributed by atoms with Crippen molar-refractivity contribution in [2.24, 2.45) is 29.1 Å². The van der Waals surface area contributed by atoms with Gasteiger partial charge in [0.1, 0.15) is 30.7 Å². The van der Waals surface area contributed by atoms with Gasteiger partial charge in [0.2, 0.25) is 0 Å². The molecule has 0 radical (unpaired) electrons. The molecule has 60 heavy (non-hydrogen) atoms. The van der Waals surface area contributed by atoms with Gasteiger partial charge in [-0.25, -0.2) is 14.0 Å². The zero-order valence-electron chi connectivity index (χ0n) is 35.6. The predicted octanol–water partition coefficient (Wildman–Crippen LogP) is 6.53. The normalized spacial score (nSPS) is 34.2. The quantitative estimate of drug-likeness (QED) is 0.0650. The topological polar surface area (TPSA) is 195 Å². The molecule has 6 rings (SSSR count). The molecule has 14 heteroatoms. The molecule has 4 aliphatic carbocycles. The first kappa shape index (κ1) is 45.7. The Balaban J connectivity index is 0.863. The van der Waals surface area contributed by atoms with Crippen LogP contribution >= 0.6 is 0 Å². The van der Waals surface area contributed by atoms with Crippen LogP contribution in [0.15, 0.2) is 64.7 Å². The summed E-state index contributed by atoms with van der Waals surface area (Å²) < 4.78 is 32.8. The molecule has 5 fully saturated rings. The minimum atomic E-state index is -2.35. The molecule has 13 nitrogen and oxygen atoms in total. The number of aliphatic hydroxyl groups excluding tert-OH is 3. The highest BCUT2D eigenvalue weighted by molar-refractivity contribution is 5.69. The number of aromatic nitrogens is 2. The molecular formula is C46H67FN4O9. The lowest BCUT2D eigenvalue weighted by molar-refractivity contribution is -0.150. The van der Waals surface area contributed by atoms with E-state index < -0.39 is 54.7 Å². The Kier molecular flexibility index (Phi) is 15.1.